The number of halogens is 1. The normalized spacial score (nSPS) is 33.4. The minimum Gasteiger partial charge on any atom is -0.379 e. The van der Waals surface area contributed by atoms with Crippen molar-refractivity contribution in [1.82, 2.24) is 15.5 Å². The van der Waals surface area contributed by atoms with Crippen LogP contribution in [0.2, 0.25) is 0 Å². The number of nitrogens with one attached hydrogen (secondary N) is 2. The van der Waals surface area contributed by atoms with Gasteiger partial charge in [0.15, 0.2) is 5.96 Å². The van der Waals surface area contributed by atoms with Crippen LogP contribution in [0.4, 0.5) is 0 Å². The molecule has 3 atom stereocenters. The second kappa shape index (κ2) is 9.39. The molecule has 0 aromatic heterocycles. The lowest BCUT2D eigenvalue weighted by Gasteiger charge is -2.57. The quantitative estimate of drug-likeness (QED) is 0.359. The van der Waals surface area contributed by atoms with Crippen LogP contribution >= 0.6 is 24.0 Å². The first-order valence-corrected chi connectivity index (χ1v) is 10.3. The van der Waals surface area contributed by atoms with Crippen molar-refractivity contribution in [3.63, 3.8) is 0 Å². The van der Waals surface area contributed by atoms with Crippen molar-refractivity contribution in [2.75, 3.05) is 52.5 Å². The van der Waals surface area contributed by atoms with Crippen LogP contribution in [0.5, 0.6) is 0 Å². The van der Waals surface area contributed by atoms with Crippen molar-refractivity contribution in [2.45, 2.75) is 51.2 Å². The molecule has 4 rings (SSSR count). The van der Waals surface area contributed by atoms with Crippen molar-refractivity contribution < 1.29 is 9.47 Å². The number of hydrogen-bond acceptors (Lipinski definition) is 4. The molecular formula is C19H35IN4O2. The minimum atomic E-state index is 0. The highest BCUT2D eigenvalue weighted by atomic mass is 127. The Kier molecular flexibility index (Phi) is 7.44. The van der Waals surface area contributed by atoms with Gasteiger partial charge in [-0.1, -0.05) is 12.8 Å². The molecule has 150 valence electrons. The SMILES string of the molecule is CCNC(=NCCN1CCOCC1)NC1C2CCOC2C12CCCC2.I. The summed E-state index contributed by atoms with van der Waals surface area (Å²) in [5.74, 6) is 1.68. The van der Waals surface area contributed by atoms with Gasteiger partial charge < -0.3 is 20.1 Å². The van der Waals surface area contributed by atoms with Crippen LogP contribution in [0.15, 0.2) is 4.99 Å². The average Bonchev–Trinajstić information content (AvgIpc) is 3.29. The lowest BCUT2D eigenvalue weighted by molar-refractivity contribution is -0.125. The Balaban J connectivity index is 0.00000196. The fourth-order valence-corrected chi connectivity index (χ4v) is 5.50. The Labute approximate surface area is 174 Å². The average molecular weight is 478 g/mol. The second-order valence-electron chi connectivity index (χ2n) is 8.02. The second-order valence-corrected chi connectivity index (χ2v) is 8.02. The van der Waals surface area contributed by atoms with E-state index >= 15 is 0 Å². The third-order valence-electron chi connectivity index (χ3n) is 6.71. The predicted octanol–water partition coefficient (Wildman–Crippen LogP) is 1.84. The van der Waals surface area contributed by atoms with Gasteiger partial charge in [0.2, 0.25) is 0 Å². The van der Waals surface area contributed by atoms with Crippen LogP contribution < -0.4 is 10.6 Å². The Morgan fingerprint density at radius 3 is 2.69 bits per heavy atom. The largest absolute Gasteiger partial charge is 0.379 e. The standard InChI is InChI=1S/C19H34N4O2.HI/c1-2-20-18(21-8-9-23-10-13-24-14-11-23)22-16-15-5-12-25-17(15)19(16)6-3-4-7-19;/h15-17H,2-14H2,1H3,(H2,20,21,22);1H. The number of guanidine groups is 1. The summed E-state index contributed by atoms with van der Waals surface area (Å²) < 4.78 is 11.5. The zero-order valence-corrected chi connectivity index (χ0v) is 18.4. The highest BCUT2D eigenvalue weighted by Gasteiger charge is 2.65. The van der Waals surface area contributed by atoms with E-state index in [2.05, 4.69) is 22.5 Å². The lowest BCUT2D eigenvalue weighted by atomic mass is 9.54. The fraction of sp³-hybridized carbons (Fsp3) is 0.947. The summed E-state index contributed by atoms with van der Waals surface area (Å²) in [5, 5.41) is 7.27. The zero-order chi connectivity index (χ0) is 17.1. The van der Waals surface area contributed by atoms with Crippen LogP contribution in [-0.4, -0.2) is 75.5 Å². The highest BCUT2D eigenvalue weighted by Crippen LogP contribution is 2.60. The first kappa shape index (κ1) is 20.6. The smallest absolute Gasteiger partial charge is 0.191 e. The summed E-state index contributed by atoms with van der Waals surface area (Å²) in [6, 6.07) is 0.545. The maximum Gasteiger partial charge on any atom is 0.191 e. The summed E-state index contributed by atoms with van der Waals surface area (Å²) in [6.45, 7) is 9.65. The molecule has 2 saturated heterocycles. The fourth-order valence-electron chi connectivity index (χ4n) is 5.50. The monoisotopic (exact) mass is 478 g/mol. The van der Waals surface area contributed by atoms with Crippen LogP contribution in [0, 0.1) is 11.3 Å². The summed E-state index contributed by atoms with van der Waals surface area (Å²) in [7, 11) is 0. The van der Waals surface area contributed by atoms with Crippen molar-refractivity contribution in [1.29, 1.82) is 0 Å². The molecule has 3 unspecified atom stereocenters. The van der Waals surface area contributed by atoms with Crippen LogP contribution in [0.3, 0.4) is 0 Å². The first-order valence-electron chi connectivity index (χ1n) is 10.3. The topological polar surface area (TPSA) is 58.1 Å². The van der Waals surface area contributed by atoms with Crippen molar-refractivity contribution in [3.05, 3.63) is 0 Å². The van der Waals surface area contributed by atoms with E-state index in [9.17, 15) is 0 Å². The zero-order valence-electron chi connectivity index (χ0n) is 16.0. The number of fused-ring (bicyclic) bond motifs is 2. The van der Waals surface area contributed by atoms with E-state index in [1.165, 1.54) is 32.1 Å². The summed E-state index contributed by atoms with van der Waals surface area (Å²) in [5.41, 5.74) is 0.377. The van der Waals surface area contributed by atoms with Gasteiger partial charge in [-0.15, -0.1) is 24.0 Å². The molecule has 0 amide bonds. The van der Waals surface area contributed by atoms with E-state index < -0.39 is 0 Å². The molecule has 26 heavy (non-hydrogen) atoms. The molecule has 0 aromatic carbocycles. The molecule has 2 saturated carbocycles. The molecule has 4 fully saturated rings. The molecule has 7 heteroatoms. The summed E-state index contributed by atoms with van der Waals surface area (Å²) >= 11 is 0. The van der Waals surface area contributed by atoms with Gasteiger partial charge in [0, 0.05) is 50.2 Å². The number of nitrogens with zero attached hydrogens (tertiary/aromatic N) is 2. The van der Waals surface area contributed by atoms with Gasteiger partial charge in [0.1, 0.15) is 0 Å². The van der Waals surface area contributed by atoms with Gasteiger partial charge in [-0.05, 0) is 26.2 Å². The van der Waals surface area contributed by atoms with E-state index in [1.807, 2.05) is 0 Å². The molecule has 0 bridgehead atoms. The minimum absolute atomic E-state index is 0. The van der Waals surface area contributed by atoms with Gasteiger partial charge >= 0.3 is 0 Å². The number of rotatable bonds is 5. The maximum atomic E-state index is 6.10. The van der Waals surface area contributed by atoms with Crippen molar-refractivity contribution >= 4 is 29.9 Å². The van der Waals surface area contributed by atoms with Crippen LogP contribution in [0.1, 0.15) is 39.0 Å². The molecule has 2 heterocycles. The Bertz CT molecular complexity index is 478. The molecule has 0 aromatic rings. The predicted molar refractivity (Wildman–Crippen MR) is 114 cm³/mol. The lowest BCUT2D eigenvalue weighted by Crippen LogP contribution is -2.69. The van der Waals surface area contributed by atoms with E-state index in [4.69, 9.17) is 14.5 Å². The van der Waals surface area contributed by atoms with Gasteiger partial charge in [-0.25, -0.2) is 0 Å². The number of ether oxygens (including phenoxy) is 2. The number of hydrogen-bond donors (Lipinski definition) is 2. The van der Waals surface area contributed by atoms with Crippen molar-refractivity contribution in [2.24, 2.45) is 16.3 Å². The number of aliphatic imine (C=N–C) groups is 1. The van der Waals surface area contributed by atoms with Gasteiger partial charge in [0.05, 0.1) is 25.9 Å². The number of morpholine rings is 1. The molecule has 6 nitrogen and oxygen atoms in total. The van der Waals surface area contributed by atoms with E-state index in [0.717, 1.165) is 58.5 Å². The van der Waals surface area contributed by atoms with Crippen LogP contribution in [-0.2, 0) is 9.47 Å². The molecule has 2 aliphatic heterocycles. The van der Waals surface area contributed by atoms with Crippen LogP contribution in [0.25, 0.3) is 0 Å². The van der Waals surface area contributed by atoms with E-state index in [-0.39, 0.29) is 24.0 Å². The molecular weight excluding hydrogens is 443 g/mol. The Morgan fingerprint density at radius 2 is 1.96 bits per heavy atom. The molecule has 2 aliphatic carbocycles. The highest BCUT2D eigenvalue weighted by molar-refractivity contribution is 14.0. The molecule has 4 aliphatic rings. The molecule has 2 N–H and O–H groups in total. The Morgan fingerprint density at radius 1 is 1.19 bits per heavy atom. The Hall–Kier alpha value is -0.120. The summed E-state index contributed by atoms with van der Waals surface area (Å²) in [4.78, 5) is 7.31. The van der Waals surface area contributed by atoms with Crippen molar-refractivity contribution in [3.8, 4) is 0 Å². The third kappa shape index (κ3) is 4.00. The van der Waals surface area contributed by atoms with Gasteiger partial charge in [-0.2, -0.15) is 0 Å². The first-order chi connectivity index (χ1) is 12.3. The van der Waals surface area contributed by atoms with Gasteiger partial charge in [0.25, 0.3) is 0 Å². The molecule has 0 radical (unpaired) electrons. The van der Waals surface area contributed by atoms with Gasteiger partial charge in [-0.3, -0.25) is 9.89 Å². The summed E-state index contributed by atoms with van der Waals surface area (Å²) in [6.07, 6.45) is 7.06. The van der Waals surface area contributed by atoms with E-state index in [0.29, 0.717) is 23.5 Å². The molecule has 1 spiro atoms. The van der Waals surface area contributed by atoms with E-state index in [1.54, 1.807) is 0 Å². The maximum absolute atomic E-state index is 6.10. The third-order valence-corrected chi connectivity index (χ3v) is 6.71.